The molecule has 0 radical (unpaired) electrons. The van der Waals surface area contributed by atoms with Crippen LogP contribution in [0.15, 0.2) is 24.3 Å². The number of aryl methyl sites for hydroxylation is 1. The summed E-state index contributed by atoms with van der Waals surface area (Å²) in [7, 11) is 0. The van der Waals surface area contributed by atoms with Gasteiger partial charge in [-0.3, -0.25) is 0 Å². The summed E-state index contributed by atoms with van der Waals surface area (Å²) < 4.78 is 5.37. The van der Waals surface area contributed by atoms with Gasteiger partial charge < -0.3 is 9.42 Å². The maximum atomic E-state index is 9.53. The topological polar surface area (TPSA) is 29.5 Å². The summed E-state index contributed by atoms with van der Waals surface area (Å²) in [5, 5.41) is 0. The molecular formula is C14H23O2PS2. The van der Waals surface area contributed by atoms with E-state index in [9.17, 15) is 4.89 Å². The van der Waals surface area contributed by atoms with Crippen molar-refractivity contribution in [3.63, 3.8) is 0 Å². The average molecular weight is 318 g/mol. The van der Waals surface area contributed by atoms with Crippen LogP contribution in [0.5, 0.6) is 5.75 Å². The Hall–Kier alpha value is -0.0200. The van der Waals surface area contributed by atoms with E-state index in [-0.39, 0.29) is 0 Å². The first kappa shape index (κ1) is 17.0. The first-order valence-corrected chi connectivity index (χ1v) is 10.7. The summed E-state index contributed by atoms with van der Waals surface area (Å²) in [6, 6.07) is 7.75. The molecule has 1 aromatic rings. The Morgan fingerprint density at radius 3 is 2.47 bits per heavy atom. The fraction of sp³-hybridized carbons (Fsp3) is 0.571. The van der Waals surface area contributed by atoms with Gasteiger partial charge in [0.25, 0.3) is 5.69 Å². The van der Waals surface area contributed by atoms with Gasteiger partial charge in [0, 0.05) is 0 Å². The highest BCUT2D eigenvalue weighted by atomic mass is 32.9. The van der Waals surface area contributed by atoms with Crippen molar-refractivity contribution in [3.05, 3.63) is 29.8 Å². The van der Waals surface area contributed by atoms with Crippen molar-refractivity contribution in [1.29, 1.82) is 0 Å². The summed E-state index contributed by atoms with van der Waals surface area (Å²) in [6.07, 6.45) is 8.57. The molecule has 0 fully saturated rings. The molecule has 0 heterocycles. The molecule has 0 spiro atoms. The van der Waals surface area contributed by atoms with Crippen molar-refractivity contribution in [2.45, 2.75) is 51.9 Å². The summed E-state index contributed by atoms with van der Waals surface area (Å²) in [4.78, 5) is 9.53. The van der Waals surface area contributed by atoms with Crippen molar-refractivity contribution in [2.75, 3.05) is 0 Å². The highest BCUT2D eigenvalue weighted by Gasteiger charge is 2.11. The fourth-order valence-corrected chi connectivity index (χ4v) is 2.96. The number of unbranched alkanes of at least 4 members (excludes halogenated alkanes) is 5. The first-order chi connectivity index (χ1) is 9.03. The quantitative estimate of drug-likeness (QED) is 0.376. The SMILES string of the molecule is CCCCCCCCc1ccccc1OP(O)(=S)S. The third-order valence-corrected chi connectivity index (χ3v) is 3.89. The molecule has 0 saturated carbocycles. The van der Waals surface area contributed by atoms with Gasteiger partial charge in [0.15, 0.2) is 0 Å². The van der Waals surface area contributed by atoms with E-state index in [1.807, 2.05) is 24.3 Å². The second-order valence-electron chi connectivity index (χ2n) is 4.71. The molecule has 1 N–H and O–H groups in total. The van der Waals surface area contributed by atoms with E-state index in [4.69, 9.17) is 16.3 Å². The van der Waals surface area contributed by atoms with E-state index in [1.165, 1.54) is 32.1 Å². The highest BCUT2D eigenvalue weighted by Crippen LogP contribution is 2.48. The van der Waals surface area contributed by atoms with Crippen LogP contribution < -0.4 is 4.52 Å². The molecule has 0 amide bonds. The van der Waals surface area contributed by atoms with Crippen LogP contribution in [0.3, 0.4) is 0 Å². The van der Waals surface area contributed by atoms with Crippen LogP contribution in [-0.2, 0) is 18.2 Å². The van der Waals surface area contributed by atoms with Crippen molar-refractivity contribution in [3.8, 4) is 5.75 Å². The highest BCUT2D eigenvalue weighted by molar-refractivity contribution is 8.59. The number of hydrogen-bond acceptors (Lipinski definition) is 2. The van der Waals surface area contributed by atoms with Crippen molar-refractivity contribution in [2.24, 2.45) is 0 Å². The Bertz CT molecular complexity index is 418. The molecule has 5 heteroatoms. The van der Waals surface area contributed by atoms with Gasteiger partial charge in [0.05, 0.1) is 0 Å². The molecule has 2 nitrogen and oxygen atoms in total. The maximum absolute atomic E-state index is 9.53. The number of rotatable bonds is 9. The van der Waals surface area contributed by atoms with E-state index in [1.54, 1.807) is 0 Å². The predicted octanol–water partition coefficient (Wildman–Crippen LogP) is 5.12. The number of benzene rings is 1. The largest absolute Gasteiger partial charge is 0.436 e. The van der Waals surface area contributed by atoms with Gasteiger partial charge in [-0.25, -0.2) is 0 Å². The Morgan fingerprint density at radius 1 is 1.16 bits per heavy atom. The lowest BCUT2D eigenvalue weighted by Gasteiger charge is -2.14. The Morgan fingerprint density at radius 2 is 1.79 bits per heavy atom. The van der Waals surface area contributed by atoms with Crippen LogP contribution >= 0.6 is 17.9 Å². The van der Waals surface area contributed by atoms with Gasteiger partial charge in [0.2, 0.25) is 0 Å². The lowest BCUT2D eigenvalue weighted by Crippen LogP contribution is -1.93. The Kier molecular flexibility index (Phi) is 8.08. The second-order valence-corrected chi connectivity index (χ2v) is 9.79. The van der Waals surface area contributed by atoms with Crippen LogP contribution in [0.4, 0.5) is 0 Å². The minimum absolute atomic E-state index is 0.678. The van der Waals surface area contributed by atoms with Crippen LogP contribution in [-0.4, -0.2) is 4.89 Å². The molecule has 108 valence electrons. The van der Waals surface area contributed by atoms with Gasteiger partial charge in [0.1, 0.15) is 5.75 Å². The fourth-order valence-electron chi connectivity index (χ4n) is 2.02. The van der Waals surface area contributed by atoms with E-state index >= 15 is 0 Å². The summed E-state index contributed by atoms with van der Waals surface area (Å²) in [5.41, 5.74) is -1.83. The summed E-state index contributed by atoms with van der Waals surface area (Å²) in [5.74, 6) is 0.678. The predicted molar refractivity (Wildman–Crippen MR) is 89.6 cm³/mol. The van der Waals surface area contributed by atoms with E-state index in [2.05, 4.69) is 19.2 Å². The van der Waals surface area contributed by atoms with Crippen molar-refractivity contribution < 1.29 is 9.42 Å². The molecule has 0 bridgehead atoms. The molecule has 0 aliphatic heterocycles. The Labute approximate surface area is 126 Å². The van der Waals surface area contributed by atoms with E-state index in [0.29, 0.717) is 5.75 Å². The molecule has 1 aromatic carbocycles. The van der Waals surface area contributed by atoms with Crippen LogP contribution in [0, 0.1) is 0 Å². The molecule has 1 unspecified atom stereocenters. The van der Waals surface area contributed by atoms with E-state index < -0.39 is 5.69 Å². The third kappa shape index (κ3) is 7.98. The molecule has 1 atom stereocenters. The van der Waals surface area contributed by atoms with E-state index in [0.717, 1.165) is 18.4 Å². The molecule has 0 saturated heterocycles. The monoisotopic (exact) mass is 318 g/mol. The molecule has 0 aliphatic carbocycles. The number of hydrogen-bond donors (Lipinski definition) is 2. The third-order valence-electron chi connectivity index (χ3n) is 2.99. The van der Waals surface area contributed by atoms with Gasteiger partial charge in [-0.15, -0.1) is 0 Å². The van der Waals surface area contributed by atoms with Gasteiger partial charge in [-0.05, 0) is 36.3 Å². The summed E-state index contributed by atoms with van der Waals surface area (Å²) >= 11 is 8.74. The first-order valence-electron chi connectivity index (χ1n) is 6.86. The van der Waals surface area contributed by atoms with Crippen LogP contribution in [0.2, 0.25) is 0 Å². The standard InChI is InChI=1S/C14H23O2PS2/c1-2-3-4-5-6-7-10-13-11-8-9-12-14(13)16-17(15,18)19/h8-9,11-12H,2-7,10H2,1H3,(H2,15,18,19). The van der Waals surface area contributed by atoms with Gasteiger partial charge in [-0.2, -0.15) is 0 Å². The molecule has 1 rings (SSSR count). The molecular weight excluding hydrogens is 295 g/mol. The smallest absolute Gasteiger partial charge is 0.291 e. The maximum Gasteiger partial charge on any atom is 0.291 e. The summed E-state index contributed by atoms with van der Waals surface area (Å²) in [6.45, 7) is 2.23. The zero-order valence-electron chi connectivity index (χ0n) is 11.4. The number of para-hydroxylation sites is 1. The lowest BCUT2D eigenvalue weighted by atomic mass is 10.0. The second kappa shape index (κ2) is 9.02. The molecule has 0 aromatic heterocycles. The van der Waals surface area contributed by atoms with Crippen molar-refractivity contribution in [1.82, 2.24) is 0 Å². The minimum atomic E-state index is -2.94. The van der Waals surface area contributed by atoms with Crippen LogP contribution in [0.25, 0.3) is 0 Å². The Balaban J connectivity index is 2.42. The average Bonchev–Trinajstić information content (AvgIpc) is 2.33. The normalized spacial score (nSPS) is 14.1. The van der Waals surface area contributed by atoms with Gasteiger partial charge >= 0.3 is 0 Å². The number of thiol groups is 1. The molecule has 0 aliphatic rings. The molecule has 19 heavy (non-hydrogen) atoms. The minimum Gasteiger partial charge on any atom is -0.436 e. The lowest BCUT2D eigenvalue weighted by molar-refractivity contribution is 0.499. The van der Waals surface area contributed by atoms with Crippen molar-refractivity contribution >= 4 is 29.7 Å². The zero-order valence-corrected chi connectivity index (χ0v) is 14.0. The van der Waals surface area contributed by atoms with Crippen LogP contribution in [0.1, 0.15) is 51.0 Å². The zero-order chi connectivity index (χ0) is 14.1. The van der Waals surface area contributed by atoms with Gasteiger partial charge in [-0.1, -0.05) is 69.5 Å².